The monoisotopic (exact) mass is 196 g/mol. The fourth-order valence-electron chi connectivity index (χ4n) is 2.24. The molecule has 0 aliphatic heterocycles. The summed E-state index contributed by atoms with van der Waals surface area (Å²) in [5, 5.41) is 0. The summed E-state index contributed by atoms with van der Waals surface area (Å²) in [5.74, 6) is 3.32. The van der Waals surface area contributed by atoms with E-state index in [1.54, 1.807) is 0 Å². The molecule has 0 aliphatic rings. The third kappa shape index (κ3) is 5.47. The molecule has 0 nitrogen and oxygen atoms in total. The standard InChI is InChI=1S/C14H28/c1-7-8-13(6)14(12(4)5)10-9-11(2)3/h7,11-14H,1,8-10H2,2-6H3. The van der Waals surface area contributed by atoms with E-state index in [0.717, 1.165) is 23.7 Å². The van der Waals surface area contributed by atoms with Crippen molar-refractivity contribution in [3.63, 3.8) is 0 Å². The molecule has 2 unspecified atom stereocenters. The summed E-state index contributed by atoms with van der Waals surface area (Å²) < 4.78 is 0. The van der Waals surface area contributed by atoms with Crippen molar-refractivity contribution >= 4 is 0 Å². The summed E-state index contributed by atoms with van der Waals surface area (Å²) in [6.45, 7) is 15.5. The maximum absolute atomic E-state index is 3.84. The molecule has 0 bridgehead atoms. The first-order chi connectivity index (χ1) is 6.49. The van der Waals surface area contributed by atoms with E-state index in [2.05, 4.69) is 47.3 Å². The maximum Gasteiger partial charge on any atom is -0.0325 e. The Kier molecular flexibility index (Phi) is 6.96. The van der Waals surface area contributed by atoms with Crippen molar-refractivity contribution in [3.05, 3.63) is 12.7 Å². The molecule has 0 spiro atoms. The molecule has 0 radical (unpaired) electrons. The molecule has 0 saturated carbocycles. The number of allylic oxidation sites excluding steroid dienone is 1. The zero-order valence-electron chi connectivity index (χ0n) is 10.7. The summed E-state index contributed by atoms with van der Waals surface area (Å²) in [6, 6.07) is 0. The van der Waals surface area contributed by atoms with Gasteiger partial charge in [-0.15, -0.1) is 6.58 Å². The Morgan fingerprint density at radius 3 is 1.93 bits per heavy atom. The second-order valence-electron chi connectivity index (χ2n) is 5.38. The van der Waals surface area contributed by atoms with E-state index in [-0.39, 0.29) is 0 Å². The van der Waals surface area contributed by atoms with Crippen LogP contribution in [0.4, 0.5) is 0 Å². The predicted molar refractivity (Wildman–Crippen MR) is 66.4 cm³/mol. The molecule has 0 aromatic rings. The third-order valence-corrected chi connectivity index (χ3v) is 3.20. The first-order valence-electron chi connectivity index (χ1n) is 6.09. The van der Waals surface area contributed by atoms with E-state index in [4.69, 9.17) is 0 Å². The van der Waals surface area contributed by atoms with Crippen molar-refractivity contribution in [2.75, 3.05) is 0 Å². The summed E-state index contributed by atoms with van der Waals surface area (Å²) in [7, 11) is 0. The molecule has 0 heteroatoms. The Hall–Kier alpha value is -0.260. The van der Waals surface area contributed by atoms with E-state index >= 15 is 0 Å². The van der Waals surface area contributed by atoms with E-state index in [0.29, 0.717) is 0 Å². The fraction of sp³-hybridized carbons (Fsp3) is 0.857. The SMILES string of the molecule is C=CCC(C)C(CCC(C)C)C(C)C. The molecule has 14 heavy (non-hydrogen) atoms. The molecular formula is C14H28. The van der Waals surface area contributed by atoms with Crippen LogP contribution in [0.2, 0.25) is 0 Å². The Balaban J connectivity index is 4.07. The van der Waals surface area contributed by atoms with Crippen LogP contribution in [-0.2, 0) is 0 Å². The number of hydrogen-bond donors (Lipinski definition) is 0. The van der Waals surface area contributed by atoms with Gasteiger partial charge in [0.25, 0.3) is 0 Å². The molecule has 0 aliphatic carbocycles. The zero-order chi connectivity index (χ0) is 11.1. The van der Waals surface area contributed by atoms with E-state index in [9.17, 15) is 0 Å². The summed E-state index contributed by atoms with van der Waals surface area (Å²) >= 11 is 0. The third-order valence-electron chi connectivity index (χ3n) is 3.20. The van der Waals surface area contributed by atoms with Gasteiger partial charge in [-0.2, -0.15) is 0 Å². The van der Waals surface area contributed by atoms with E-state index < -0.39 is 0 Å². The van der Waals surface area contributed by atoms with Gasteiger partial charge in [-0.1, -0.05) is 47.1 Å². The summed E-state index contributed by atoms with van der Waals surface area (Å²) in [4.78, 5) is 0. The molecular weight excluding hydrogens is 168 g/mol. The van der Waals surface area contributed by atoms with Crippen LogP contribution in [0.25, 0.3) is 0 Å². The van der Waals surface area contributed by atoms with Crippen molar-refractivity contribution in [1.29, 1.82) is 0 Å². The minimum absolute atomic E-state index is 0.797. The quantitative estimate of drug-likeness (QED) is 0.508. The highest BCUT2D eigenvalue weighted by atomic mass is 14.2. The van der Waals surface area contributed by atoms with Crippen LogP contribution < -0.4 is 0 Å². The van der Waals surface area contributed by atoms with Crippen molar-refractivity contribution in [1.82, 2.24) is 0 Å². The second-order valence-corrected chi connectivity index (χ2v) is 5.38. The van der Waals surface area contributed by atoms with Gasteiger partial charge < -0.3 is 0 Å². The Labute approximate surface area is 90.8 Å². The van der Waals surface area contributed by atoms with Gasteiger partial charge in [0.1, 0.15) is 0 Å². The molecule has 0 aromatic carbocycles. The van der Waals surface area contributed by atoms with Crippen molar-refractivity contribution in [2.24, 2.45) is 23.7 Å². The molecule has 2 atom stereocenters. The molecule has 0 rings (SSSR count). The predicted octanol–water partition coefficient (Wildman–Crippen LogP) is 4.91. The second kappa shape index (κ2) is 7.09. The van der Waals surface area contributed by atoms with Crippen molar-refractivity contribution in [3.8, 4) is 0 Å². The number of rotatable bonds is 7. The smallest absolute Gasteiger partial charge is 0.0325 e. The summed E-state index contributed by atoms with van der Waals surface area (Å²) in [6.07, 6.45) is 5.98. The van der Waals surface area contributed by atoms with Crippen LogP contribution in [0.3, 0.4) is 0 Å². The van der Waals surface area contributed by atoms with Crippen LogP contribution in [0, 0.1) is 23.7 Å². The van der Waals surface area contributed by atoms with Crippen LogP contribution in [0.5, 0.6) is 0 Å². The largest absolute Gasteiger partial charge is 0.103 e. The highest BCUT2D eigenvalue weighted by Gasteiger charge is 2.19. The van der Waals surface area contributed by atoms with Gasteiger partial charge >= 0.3 is 0 Å². The maximum atomic E-state index is 3.84. The minimum Gasteiger partial charge on any atom is -0.103 e. The minimum atomic E-state index is 0.797. The lowest BCUT2D eigenvalue weighted by atomic mass is 9.78. The van der Waals surface area contributed by atoms with Crippen LogP contribution in [0.1, 0.15) is 53.9 Å². The Morgan fingerprint density at radius 2 is 1.57 bits per heavy atom. The molecule has 0 amide bonds. The summed E-state index contributed by atoms with van der Waals surface area (Å²) in [5.41, 5.74) is 0. The molecule has 0 aromatic heterocycles. The molecule has 0 N–H and O–H groups in total. The lowest BCUT2D eigenvalue weighted by Crippen LogP contribution is -2.18. The molecule has 0 heterocycles. The molecule has 0 saturated heterocycles. The van der Waals surface area contributed by atoms with Gasteiger partial charge in [0.05, 0.1) is 0 Å². The van der Waals surface area contributed by atoms with E-state index in [1.165, 1.54) is 19.3 Å². The van der Waals surface area contributed by atoms with Gasteiger partial charge in [0.15, 0.2) is 0 Å². The average Bonchev–Trinajstić information content (AvgIpc) is 2.03. The topological polar surface area (TPSA) is 0 Å². The van der Waals surface area contributed by atoms with Crippen LogP contribution >= 0.6 is 0 Å². The first-order valence-corrected chi connectivity index (χ1v) is 6.09. The molecule has 84 valence electrons. The fourth-order valence-corrected chi connectivity index (χ4v) is 2.24. The van der Waals surface area contributed by atoms with Crippen molar-refractivity contribution in [2.45, 2.75) is 53.9 Å². The number of hydrogen-bond acceptors (Lipinski definition) is 0. The lowest BCUT2D eigenvalue weighted by molar-refractivity contribution is 0.240. The average molecular weight is 196 g/mol. The van der Waals surface area contributed by atoms with Gasteiger partial charge in [0.2, 0.25) is 0 Å². The normalized spacial score (nSPS) is 15.9. The van der Waals surface area contributed by atoms with Crippen LogP contribution in [0.15, 0.2) is 12.7 Å². The zero-order valence-corrected chi connectivity index (χ0v) is 10.7. The van der Waals surface area contributed by atoms with Crippen LogP contribution in [-0.4, -0.2) is 0 Å². The van der Waals surface area contributed by atoms with Gasteiger partial charge in [-0.3, -0.25) is 0 Å². The molecule has 0 fully saturated rings. The van der Waals surface area contributed by atoms with Gasteiger partial charge in [0, 0.05) is 0 Å². The Morgan fingerprint density at radius 1 is 1.00 bits per heavy atom. The Bertz CT molecular complexity index is 144. The van der Waals surface area contributed by atoms with E-state index in [1.807, 2.05) is 0 Å². The van der Waals surface area contributed by atoms with Gasteiger partial charge in [-0.05, 0) is 36.5 Å². The highest BCUT2D eigenvalue weighted by Crippen LogP contribution is 2.29. The van der Waals surface area contributed by atoms with Crippen molar-refractivity contribution < 1.29 is 0 Å². The highest BCUT2D eigenvalue weighted by molar-refractivity contribution is 4.77. The lowest BCUT2D eigenvalue weighted by Gasteiger charge is -2.27. The first kappa shape index (κ1) is 13.7. The van der Waals surface area contributed by atoms with Gasteiger partial charge in [-0.25, -0.2) is 0 Å².